The third-order valence-electron chi connectivity index (χ3n) is 13.4. The molecule has 0 aliphatic heterocycles. The summed E-state index contributed by atoms with van der Waals surface area (Å²) in [4.78, 5) is 23.2. The molecule has 0 saturated carbocycles. The monoisotopic (exact) mass is 930 g/mol. The summed E-state index contributed by atoms with van der Waals surface area (Å²) in [5.74, 6) is -0.139. The fourth-order valence-electron chi connectivity index (χ4n) is 8.87. The van der Waals surface area contributed by atoms with Crippen LogP contribution in [0.5, 0.6) is 0 Å². The molecule has 0 saturated heterocycles. The standard InChI is InChI=1S/C55H113N2O6P/c1-6-8-10-12-14-16-18-20-21-22-23-24-25-26-27-28-29-30-31-32-33-34-35-37-38-40-42-44-46-48-54(58)53(52-63-64(60,61)62-51-50-57(3,4)5)56-55(59)49-47-45-43-41-39-36-19-17-15-13-11-9-7-2/h53-54,58H,6-52H2,1-5H3,(H-,56,59,60,61)/p+1. The lowest BCUT2D eigenvalue weighted by atomic mass is 10.0. The molecule has 3 N–H and O–H groups in total. The molecule has 384 valence electrons. The molecule has 0 aliphatic rings. The number of phosphoric ester groups is 1. The number of quaternary nitrogens is 1. The number of aliphatic hydroxyl groups excluding tert-OH is 1. The molecule has 0 bridgehead atoms. The van der Waals surface area contributed by atoms with E-state index in [2.05, 4.69) is 19.2 Å². The highest BCUT2D eigenvalue weighted by molar-refractivity contribution is 7.47. The van der Waals surface area contributed by atoms with E-state index < -0.39 is 20.0 Å². The van der Waals surface area contributed by atoms with E-state index in [1.165, 1.54) is 231 Å². The number of carbonyl (C=O) groups is 1. The van der Waals surface area contributed by atoms with Crippen molar-refractivity contribution in [1.82, 2.24) is 5.32 Å². The molecule has 8 nitrogen and oxygen atoms in total. The number of carbonyl (C=O) groups excluding carboxylic acids is 1. The van der Waals surface area contributed by atoms with E-state index in [9.17, 15) is 19.4 Å². The van der Waals surface area contributed by atoms with Crippen LogP contribution in [0.1, 0.15) is 296 Å². The van der Waals surface area contributed by atoms with Gasteiger partial charge >= 0.3 is 7.82 Å². The van der Waals surface area contributed by atoms with Gasteiger partial charge in [-0.05, 0) is 12.8 Å². The van der Waals surface area contributed by atoms with E-state index in [0.717, 1.165) is 38.5 Å². The molecule has 0 aliphatic carbocycles. The Kier molecular flexibility index (Phi) is 47.2. The summed E-state index contributed by atoms with van der Waals surface area (Å²) in [5, 5.41) is 14.0. The third-order valence-corrected chi connectivity index (χ3v) is 14.3. The molecule has 9 heteroatoms. The van der Waals surface area contributed by atoms with Crippen molar-refractivity contribution in [3.8, 4) is 0 Å². The maximum Gasteiger partial charge on any atom is 0.472 e. The van der Waals surface area contributed by atoms with Gasteiger partial charge in [0, 0.05) is 6.42 Å². The van der Waals surface area contributed by atoms with Crippen LogP contribution < -0.4 is 5.32 Å². The van der Waals surface area contributed by atoms with Gasteiger partial charge in [-0.25, -0.2) is 4.57 Å². The van der Waals surface area contributed by atoms with Gasteiger partial charge in [-0.1, -0.05) is 277 Å². The molecule has 0 heterocycles. The lowest BCUT2D eigenvalue weighted by molar-refractivity contribution is -0.870. The fraction of sp³-hybridized carbons (Fsp3) is 0.982. The van der Waals surface area contributed by atoms with Crippen molar-refractivity contribution in [3.05, 3.63) is 0 Å². The van der Waals surface area contributed by atoms with Crippen LogP contribution in [0.3, 0.4) is 0 Å². The Bertz CT molecular complexity index is 1010. The zero-order chi connectivity index (χ0) is 47.1. The molecule has 3 unspecified atom stereocenters. The lowest BCUT2D eigenvalue weighted by Gasteiger charge is -2.26. The Morgan fingerprint density at radius 3 is 1.05 bits per heavy atom. The highest BCUT2D eigenvalue weighted by Crippen LogP contribution is 2.43. The van der Waals surface area contributed by atoms with Crippen LogP contribution in [0, 0.1) is 0 Å². The van der Waals surface area contributed by atoms with Crippen molar-refractivity contribution in [2.45, 2.75) is 309 Å². The van der Waals surface area contributed by atoms with Crippen molar-refractivity contribution in [3.63, 3.8) is 0 Å². The highest BCUT2D eigenvalue weighted by atomic mass is 31.2. The van der Waals surface area contributed by atoms with Crippen molar-refractivity contribution in [1.29, 1.82) is 0 Å². The summed E-state index contributed by atoms with van der Waals surface area (Å²) in [6.45, 7) is 4.93. The van der Waals surface area contributed by atoms with Gasteiger partial charge in [0.15, 0.2) is 0 Å². The molecule has 1 amide bonds. The minimum Gasteiger partial charge on any atom is -0.391 e. The SMILES string of the molecule is CCCCCCCCCCCCCCCCCCCCCCCCCCCCCCCC(O)C(COP(=O)(O)OCC[N+](C)(C)C)NC(=O)CCCCCCCCCCCCCCC. The Balaban J connectivity index is 4.02. The van der Waals surface area contributed by atoms with Crippen molar-refractivity contribution >= 4 is 13.7 Å². The summed E-state index contributed by atoms with van der Waals surface area (Å²) in [6, 6.07) is -0.754. The molecule has 64 heavy (non-hydrogen) atoms. The van der Waals surface area contributed by atoms with Gasteiger partial charge < -0.3 is 19.8 Å². The molecule has 3 atom stereocenters. The maximum absolute atomic E-state index is 12.9. The molecule has 0 rings (SSSR count). The van der Waals surface area contributed by atoms with E-state index in [4.69, 9.17) is 9.05 Å². The van der Waals surface area contributed by atoms with Gasteiger partial charge in [0.1, 0.15) is 13.2 Å². The first-order chi connectivity index (χ1) is 31.0. The number of hydrogen-bond acceptors (Lipinski definition) is 5. The Hall–Kier alpha value is -0.500. The van der Waals surface area contributed by atoms with Crippen molar-refractivity contribution in [2.75, 3.05) is 40.9 Å². The molecule has 0 radical (unpaired) electrons. The van der Waals surface area contributed by atoms with Gasteiger partial charge in [0.05, 0.1) is 39.9 Å². The Labute approximate surface area is 399 Å². The van der Waals surface area contributed by atoms with Gasteiger partial charge in [0.25, 0.3) is 0 Å². The minimum atomic E-state index is -4.31. The first kappa shape index (κ1) is 63.5. The lowest BCUT2D eigenvalue weighted by Crippen LogP contribution is -2.46. The maximum atomic E-state index is 12.9. The van der Waals surface area contributed by atoms with Crippen LogP contribution in [0.15, 0.2) is 0 Å². The van der Waals surface area contributed by atoms with Gasteiger partial charge in [0.2, 0.25) is 5.91 Å². The van der Waals surface area contributed by atoms with Crippen molar-refractivity contribution < 1.29 is 32.9 Å². The first-order valence-corrected chi connectivity index (χ1v) is 29.9. The van der Waals surface area contributed by atoms with Gasteiger partial charge in [-0.3, -0.25) is 13.8 Å². The summed E-state index contributed by atoms with van der Waals surface area (Å²) in [5.41, 5.74) is 0. The summed E-state index contributed by atoms with van der Waals surface area (Å²) < 4.78 is 23.7. The molecular formula is C55H114N2O6P+. The van der Waals surface area contributed by atoms with Gasteiger partial charge in [-0.15, -0.1) is 0 Å². The van der Waals surface area contributed by atoms with E-state index in [-0.39, 0.29) is 19.1 Å². The van der Waals surface area contributed by atoms with E-state index in [1.807, 2.05) is 21.1 Å². The zero-order valence-electron chi connectivity index (χ0n) is 43.8. The number of nitrogens with zero attached hydrogens (tertiary/aromatic N) is 1. The summed E-state index contributed by atoms with van der Waals surface area (Å²) >= 11 is 0. The topological polar surface area (TPSA) is 105 Å². The second-order valence-corrected chi connectivity index (χ2v) is 22.5. The average Bonchev–Trinajstić information content (AvgIpc) is 3.25. The normalized spacial score (nSPS) is 13.9. The van der Waals surface area contributed by atoms with Crippen LogP contribution in [-0.4, -0.2) is 73.4 Å². The molecule has 0 aromatic carbocycles. The van der Waals surface area contributed by atoms with E-state index in [0.29, 0.717) is 23.9 Å². The number of phosphoric acid groups is 1. The van der Waals surface area contributed by atoms with Crippen LogP contribution in [0.25, 0.3) is 0 Å². The third kappa shape index (κ3) is 49.4. The predicted octanol–water partition coefficient (Wildman–Crippen LogP) is 16.9. The minimum absolute atomic E-state index is 0.0789. The number of amides is 1. The first-order valence-electron chi connectivity index (χ1n) is 28.4. The van der Waals surface area contributed by atoms with Crippen molar-refractivity contribution in [2.24, 2.45) is 0 Å². The van der Waals surface area contributed by atoms with Gasteiger partial charge in [-0.2, -0.15) is 0 Å². The fourth-order valence-corrected chi connectivity index (χ4v) is 9.61. The molecule has 0 fully saturated rings. The number of aliphatic hydroxyl groups is 1. The number of unbranched alkanes of at least 4 members (excludes halogenated alkanes) is 40. The second-order valence-electron chi connectivity index (χ2n) is 21.0. The predicted molar refractivity (Wildman–Crippen MR) is 277 cm³/mol. The molecular weight excluding hydrogens is 816 g/mol. The average molecular weight is 930 g/mol. The number of hydrogen-bond donors (Lipinski definition) is 3. The number of rotatable bonds is 53. The number of nitrogens with one attached hydrogen (secondary N) is 1. The smallest absolute Gasteiger partial charge is 0.391 e. The van der Waals surface area contributed by atoms with Crippen LogP contribution in [-0.2, 0) is 18.4 Å². The van der Waals surface area contributed by atoms with Crippen LogP contribution in [0.2, 0.25) is 0 Å². The Morgan fingerprint density at radius 1 is 0.469 bits per heavy atom. The largest absolute Gasteiger partial charge is 0.472 e. The summed E-state index contributed by atoms with van der Waals surface area (Å²) in [7, 11) is 1.63. The quantitative estimate of drug-likeness (QED) is 0.0319. The number of likely N-dealkylation sites (N-methyl/N-ethyl adjacent to an activating group) is 1. The Morgan fingerprint density at radius 2 is 0.750 bits per heavy atom. The highest BCUT2D eigenvalue weighted by Gasteiger charge is 2.28. The van der Waals surface area contributed by atoms with E-state index >= 15 is 0 Å². The summed E-state index contributed by atoms with van der Waals surface area (Å²) in [6.07, 6.45) is 55.9. The zero-order valence-corrected chi connectivity index (χ0v) is 44.7. The molecule has 0 spiro atoms. The van der Waals surface area contributed by atoms with Crippen LogP contribution >= 0.6 is 7.82 Å². The molecule has 0 aromatic rings. The van der Waals surface area contributed by atoms with E-state index in [1.54, 1.807) is 0 Å². The molecule has 0 aromatic heterocycles. The van der Waals surface area contributed by atoms with Crippen LogP contribution in [0.4, 0.5) is 0 Å². The second kappa shape index (κ2) is 47.6.